The SMILES string of the molecule is N#Cc1cc(-n2c3ccccc3c3ccc4c(c32)C2C=CC=CC2O4)c(C#N)cc1-n1c2ccc(N(c3ccccc3)c3ccccc3)cc2c2c3ccccc3ccc21. The van der Waals surface area contributed by atoms with Gasteiger partial charge in [-0.3, -0.25) is 0 Å². The fraction of sp³-hybridized carbons (Fsp3) is 0.0370. The Morgan fingerprint density at radius 1 is 0.500 bits per heavy atom. The summed E-state index contributed by atoms with van der Waals surface area (Å²) in [5, 5.41) is 28.7. The highest BCUT2D eigenvalue weighted by molar-refractivity contribution is 6.22. The maximum Gasteiger partial charge on any atom is 0.128 e. The highest BCUT2D eigenvalue weighted by Crippen LogP contribution is 2.49. The molecule has 0 amide bonds. The molecule has 8 aromatic carbocycles. The minimum Gasteiger partial charge on any atom is -0.485 e. The average Bonchev–Trinajstić information content (AvgIpc) is 3.97. The molecule has 0 bridgehead atoms. The van der Waals surface area contributed by atoms with Gasteiger partial charge in [0.2, 0.25) is 0 Å². The van der Waals surface area contributed by atoms with Crippen LogP contribution in [0.4, 0.5) is 17.1 Å². The van der Waals surface area contributed by atoms with Crippen LogP contribution in [0.25, 0.3) is 65.8 Å². The maximum atomic E-state index is 11.1. The normalized spacial score (nSPS) is 15.3. The minimum absolute atomic E-state index is 0.0223. The van der Waals surface area contributed by atoms with Crippen LogP contribution < -0.4 is 9.64 Å². The number of ether oxygens (including phenoxy) is 1. The van der Waals surface area contributed by atoms with Gasteiger partial charge in [-0.2, -0.15) is 10.5 Å². The van der Waals surface area contributed by atoms with Gasteiger partial charge in [0.25, 0.3) is 0 Å². The second-order valence-electron chi connectivity index (χ2n) is 15.4. The van der Waals surface area contributed by atoms with E-state index in [0.717, 1.165) is 82.8 Å². The Morgan fingerprint density at radius 2 is 1.13 bits per heavy atom. The van der Waals surface area contributed by atoms with Crippen LogP contribution in [0, 0.1) is 22.7 Å². The first kappa shape index (κ1) is 33.8. The molecule has 0 saturated heterocycles. The first-order valence-corrected chi connectivity index (χ1v) is 20.1. The Bertz CT molecular complexity index is 3520. The molecule has 6 heteroatoms. The number of rotatable bonds is 5. The largest absolute Gasteiger partial charge is 0.485 e. The molecule has 1 aliphatic heterocycles. The summed E-state index contributed by atoms with van der Waals surface area (Å²) in [5.41, 5.74) is 10.3. The van der Waals surface area contributed by atoms with E-state index in [1.54, 1.807) is 0 Å². The van der Waals surface area contributed by atoms with Gasteiger partial charge in [0.1, 0.15) is 24.0 Å². The van der Waals surface area contributed by atoms with Crippen molar-refractivity contribution in [3.8, 4) is 29.3 Å². The summed E-state index contributed by atoms with van der Waals surface area (Å²) in [6.45, 7) is 0. The third-order valence-electron chi connectivity index (χ3n) is 12.3. The number of benzene rings is 8. The van der Waals surface area contributed by atoms with Crippen LogP contribution in [0.15, 0.2) is 188 Å². The van der Waals surface area contributed by atoms with Crippen molar-refractivity contribution in [1.29, 1.82) is 10.5 Å². The van der Waals surface area contributed by atoms with Gasteiger partial charge >= 0.3 is 0 Å². The summed E-state index contributed by atoms with van der Waals surface area (Å²) in [6, 6.07) is 61.5. The highest BCUT2D eigenvalue weighted by Gasteiger charge is 2.36. The third-order valence-corrected chi connectivity index (χ3v) is 12.3. The molecule has 0 radical (unpaired) electrons. The Kier molecular flexibility index (Phi) is 7.38. The molecule has 0 saturated carbocycles. The fourth-order valence-electron chi connectivity index (χ4n) is 9.75. The molecule has 1 aliphatic carbocycles. The zero-order valence-electron chi connectivity index (χ0n) is 32.2. The third kappa shape index (κ3) is 4.86. The van der Waals surface area contributed by atoms with Crippen LogP contribution in [-0.4, -0.2) is 15.2 Å². The van der Waals surface area contributed by atoms with Crippen molar-refractivity contribution >= 4 is 71.4 Å². The van der Waals surface area contributed by atoms with Crippen LogP contribution in [0.5, 0.6) is 5.75 Å². The molecule has 0 fully saturated rings. The van der Waals surface area contributed by atoms with Gasteiger partial charge in [0.15, 0.2) is 0 Å². The molecule has 3 heterocycles. The second kappa shape index (κ2) is 13.1. The maximum absolute atomic E-state index is 11.1. The topological polar surface area (TPSA) is 69.9 Å². The second-order valence-corrected chi connectivity index (χ2v) is 15.4. The summed E-state index contributed by atoms with van der Waals surface area (Å²) in [4.78, 5) is 2.27. The summed E-state index contributed by atoms with van der Waals surface area (Å²) >= 11 is 0. The molecule has 2 unspecified atom stereocenters. The number of anilines is 3. The summed E-state index contributed by atoms with van der Waals surface area (Å²) in [5.74, 6) is 0.859. The molecular formula is C54H33N5O. The van der Waals surface area contributed by atoms with E-state index in [4.69, 9.17) is 4.74 Å². The van der Waals surface area contributed by atoms with E-state index in [9.17, 15) is 10.5 Å². The zero-order chi connectivity index (χ0) is 39.9. The van der Waals surface area contributed by atoms with E-state index in [1.807, 2.05) is 42.5 Å². The number of allylic oxidation sites excluding steroid dienone is 2. The molecule has 2 atom stereocenters. The lowest BCUT2D eigenvalue weighted by molar-refractivity contribution is 0.269. The zero-order valence-corrected chi connectivity index (χ0v) is 32.2. The van der Waals surface area contributed by atoms with Gasteiger partial charge in [-0.15, -0.1) is 0 Å². The van der Waals surface area contributed by atoms with Crippen LogP contribution in [0.3, 0.4) is 0 Å². The molecule has 2 aromatic heterocycles. The molecule has 0 N–H and O–H groups in total. The van der Waals surface area contributed by atoms with Gasteiger partial charge in [0, 0.05) is 50.1 Å². The minimum atomic E-state index is -0.103. The fourth-order valence-corrected chi connectivity index (χ4v) is 9.75. The lowest BCUT2D eigenvalue weighted by atomic mass is 9.90. The standard InChI is InChI=1S/C54H33N5O/c55-32-35-30-49(59-45-21-11-9-19-41(45)42-25-28-51-53(54(42)59)43-20-10-12-22-50(43)60-51)36(33-56)29-48(35)58-46-27-24-39(57(37-14-3-1-4-15-37)38-16-5-2-6-17-38)31-44(46)52-40-18-8-7-13-34(40)23-26-47(52)58/h1-31,43,50H. The molecular weight excluding hydrogens is 735 g/mol. The van der Waals surface area contributed by atoms with E-state index in [-0.39, 0.29) is 12.0 Å². The van der Waals surface area contributed by atoms with Crippen molar-refractivity contribution in [3.63, 3.8) is 0 Å². The van der Waals surface area contributed by atoms with Gasteiger partial charge in [-0.1, -0.05) is 103 Å². The van der Waals surface area contributed by atoms with Crippen molar-refractivity contribution in [1.82, 2.24) is 9.13 Å². The first-order chi connectivity index (χ1) is 29.7. The van der Waals surface area contributed by atoms with E-state index >= 15 is 0 Å². The number of hydrogen-bond donors (Lipinski definition) is 0. The summed E-state index contributed by atoms with van der Waals surface area (Å²) < 4.78 is 10.8. The monoisotopic (exact) mass is 767 g/mol. The molecule has 0 spiro atoms. The van der Waals surface area contributed by atoms with Crippen LogP contribution >= 0.6 is 0 Å². The number of nitriles is 2. The molecule has 12 rings (SSSR count). The molecule has 280 valence electrons. The van der Waals surface area contributed by atoms with Crippen molar-refractivity contribution in [2.75, 3.05) is 4.90 Å². The van der Waals surface area contributed by atoms with Crippen LogP contribution in [0.1, 0.15) is 22.6 Å². The molecule has 2 aliphatic rings. The van der Waals surface area contributed by atoms with Crippen LogP contribution in [-0.2, 0) is 0 Å². The lowest BCUT2D eigenvalue weighted by Gasteiger charge is -2.25. The molecule has 10 aromatic rings. The first-order valence-electron chi connectivity index (χ1n) is 20.1. The molecule has 6 nitrogen and oxygen atoms in total. The van der Waals surface area contributed by atoms with Crippen LogP contribution in [0.2, 0.25) is 0 Å². The predicted octanol–water partition coefficient (Wildman–Crippen LogP) is 13.2. The van der Waals surface area contributed by atoms with Gasteiger partial charge in [-0.05, 0) is 95.7 Å². The Hall–Kier alpha value is -8.32. The van der Waals surface area contributed by atoms with E-state index < -0.39 is 0 Å². The van der Waals surface area contributed by atoms with Gasteiger partial charge in [-0.25, -0.2) is 0 Å². The Morgan fingerprint density at radius 3 is 1.88 bits per heavy atom. The summed E-state index contributed by atoms with van der Waals surface area (Å²) in [7, 11) is 0. The Labute approximate surface area is 345 Å². The number of nitrogens with zero attached hydrogens (tertiary/aromatic N) is 5. The van der Waals surface area contributed by atoms with E-state index in [0.29, 0.717) is 22.5 Å². The number of hydrogen-bond acceptors (Lipinski definition) is 4. The van der Waals surface area contributed by atoms with Crippen molar-refractivity contribution in [3.05, 3.63) is 205 Å². The average molecular weight is 768 g/mol. The molecule has 60 heavy (non-hydrogen) atoms. The Balaban J connectivity index is 1.13. The quantitative estimate of drug-likeness (QED) is 0.175. The van der Waals surface area contributed by atoms with E-state index in [1.165, 1.54) is 0 Å². The van der Waals surface area contributed by atoms with E-state index in [2.05, 4.69) is 172 Å². The predicted molar refractivity (Wildman–Crippen MR) is 242 cm³/mol. The smallest absolute Gasteiger partial charge is 0.128 e. The number of para-hydroxylation sites is 3. The number of aromatic nitrogens is 2. The van der Waals surface area contributed by atoms with Gasteiger partial charge < -0.3 is 18.8 Å². The number of fused-ring (bicyclic) bond motifs is 12. The van der Waals surface area contributed by atoms with Gasteiger partial charge in [0.05, 0.1) is 44.6 Å². The summed E-state index contributed by atoms with van der Waals surface area (Å²) in [6.07, 6.45) is 8.31. The van der Waals surface area contributed by atoms with Crippen molar-refractivity contribution in [2.45, 2.75) is 12.0 Å². The van der Waals surface area contributed by atoms with Crippen molar-refractivity contribution < 1.29 is 4.74 Å². The highest BCUT2D eigenvalue weighted by atomic mass is 16.5. The van der Waals surface area contributed by atoms with Crippen molar-refractivity contribution in [2.24, 2.45) is 0 Å². The lowest BCUT2D eigenvalue weighted by Crippen LogP contribution is -2.16.